The third-order valence-electron chi connectivity index (χ3n) is 2.61. The van der Waals surface area contributed by atoms with Crippen LogP contribution in [0.4, 0.5) is 10.3 Å². The molecule has 0 saturated carbocycles. The lowest BCUT2D eigenvalue weighted by atomic mass is 10.4. The molecular formula is C11H12FN5O. The van der Waals surface area contributed by atoms with Crippen LogP contribution in [0.5, 0.6) is 5.88 Å². The first-order valence-electron chi connectivity index (χ1n) is 5.72. The first kappa shape index (κ1) is 10.9. The second kappa shape index (κ2) is 4.59. The molecule has 0 aliphatic carbocycles. The molecule has 3 rings (SSSR count). The van der Waals surface area contributed by atoms with E-state index in [1.807, 2.05) is 10.7 Å². The van der Waals surface area contributed by atoms with Gasteiger partial charge in [-0.3, -0.25) is 0 Å². The topological polar surface area (TPSA) is 64.9 Å². The monoisotopic (exact) mass is 249 g/mol. The van der Waals surface area contributed by atoms with Gasteiger partial charge in [0.25, 0.3) is 0 Å². The van der Waals surface area contributed by atoms with Crippen LogP contribution in [-0.4, -0.2) is 26.4 Å². The van der Waals surface area contributed by atoms with Crippen LogP contribution >= 0.6 is 0 Å². The van der Waals surface area contributed by atoms with Crippen molar-refractivity contribution in [2.75, 3.05) is 11.9 Å². The minimum atomic E-state index is -0.452. The Morgan fingerprint density at radius 1 is 1.39 bits per heavy atom. The van der Waals surface area contributed by atoms with E-state index >= 15 is 0 Å². The second-order valence-electron chi connectivity index (χ2n) is 3.98. The zero-order valence-electron chi connectivity index (χ0n) is 9.64. The van der Waals surface area contributed by atoms with E-state index in [1.54, 1.807) is 0 Å². The molecule has 0 radical (unpaired) electrons. The van der Waals surface area contributed by atoms with Crippen molar-refractivity contribution < 1.29 is 9.13 Å². The molecule has 2 aromatic heterocycles. The summed E-state index contributed by atoms with van der Waals surface area (Å²) < 4.78 is 19.9. The molecule has 0 amide bonds. The lowest BCUT2D eigenvalue weighted by Crippen LogP contribution is -2.14. The van der Waals surface area contributed by atoms with Crippen molar-refractivity contribution >= 4 is 5.95 Å². The number of aromatic nitrogens is 4. The van der Waals surface area contributed by atoms with Crippen LogP contribution in [-0.2, 0) is 13.1 Å². The summed E-state index contributed by atoms with van der Waals surface area (Å²) in [7, 11) is 0. The van der Waals surface area contributed by atoms with Crippen molar-refractivity contribution in [1.82, 2.24) is 19.7 Å². The van der Waals surface area contributed by atoms with Crippen molar-refractivity contribution in [3.05, 3.63) is 30.0 Å². The molecule has 0 unspecified atom stereocenters. The SMILES string of the molecule is Fc1cnc(NCc2cc3n(n2)CCCO3)nc1. The molecule has 0 spiro atoms. The van der Waals surface area contributed by atoms with Crippen LogP contribution in [0.15, 0.2) is 18.5 Å². The number of anilines is 1. The Morgan fingerprint density at radius 3 is 3.00 bits per heavy atom. The molecule has 0 fully saturated rings. The number of hydrogen-bond acceptors (Lipinski definition) is 5. The largest absolute Gasteiger partial charge is 0.478 e. The Kier molecular flexibility index (Phi) is 2.79. The Balaban J connectivity index is 1.66. The van der Waals surface area contributed by atoms with Crippen molar-refractivity contribution in [2.45, 2.75) is 19.5 Å². The number of halogens is 1. The van der Waals surface area contributed by atoms with Crippen molar-refractivity contribution in [2.24, 2.45) is 0 Å². The summed E-state index contributed by atoms with van der Waals surface area (Å²) in [6.45, 7) is 2.09. The smallest absolute Gasteiger partial charge is 0.223 e. The number of fused-ring (bicyclic) bond motifs is 1. The fourth-order valence-electron chi connectivity index (χ4n) is 1.78. The molecular weight excluding hydrogens is 237 g/mol. The van der Waals surface area contributed by atoms with Gasteiger partial charge in [-0.2, -0.15) is 5.10 Å². The minimum Gasteiger partial charge on any atom is -0.478 e. The fourth-order valence-corrected chi connectivity index (χ4v) is 1.78. The Labute approximate surface area is 103 Å². The summed E-state index contributed by atoms with van der Waals surface area (Å²) in [4.78, 5) is 7.62. The van der Waals surface area contributed by atoms with E-state index in [-0.39, 0.29) is 0 Å². The van der Waals surface area contributed by atoms with Crippen molar-refractivity contribution in [3.63, 3.8) is 0 Å². The zero-order valence-corrected chi connectivity index (χ0v) is 9.64. The molecule has 18 heavy (non-hydrogen) atoms. The molecule has 1 aliphatic heterocycles. The lowest BCUT2D eigenvalue weighted by Gasteiger charge is -2.13. The molecule has 6 nitrogen and oxygen atoms in total. The van der Waals surface area contributed by atoms with Gasteiger partial charge in [-0.1, -0.05) is 0 Å². The summed E-state index contributed by atoms with van der Waals surface area (Å²) in [6.07, 6.45) is 3.22. The molecule has 0 saturated heterocycles. The maximum absolute atomic E-state index is 12.6. The molecule has 2 aromatic rings. The Bertz CT molecular complexity index is 515. The summed E-state index contributed by atoms with van der Waals surface area (Å²) in [5.74, 6) is 0.716. The van der Waals surface area contributed by atoms with Crippen LogP contribution in [0, 0.1) is 5.82 Å². The van der Waals surface area contributed by atoms with E-state index in [0.717, 1.165) is 43.5 Å². The van der Waals surface area contributed by atoms with Crippen molar-refractivity contribution in [1.29, 1.82) is 0 Å². The van der Waals surface area contributed by atoms with E-state index in [9.17, 15) is 4.39 Å². The van der Waals surface area contributed by atoms with Gasteiger partial charge in [0.1, 0.15) is 0 Å². The first-order valence-corrected chi connectivity index (χ1v) is 5.72. The minimum absolute atomic E-state index is 0.378. The predicted molar refractivity (Wildman–Crippen MR) is 61.7 cm³/mol. The highest BCUT2D eigenvalue weighted by molar-refractivity contribution is 5.26. The number of hydrogen-bond donors (Lipinski definition) is 1. The summed E-state index contributed by atoms with van der Waals surface area (Å²) in [5.41, 5.74) is 0.847. The molecule has 0 atom stereocenters. The third kappa shape index (κ3) is 2.24. The number of nitrogens with one attached hydrogen (secondary N) is 1. The summed E-state index contributed by atoms with van der Waals surface area (Å²) in [5, 5.41) is 7.36. The second-order valence-corrected chi connectivity index (χ2v) is 3.98. The average Bonchev–Trinajstić information content (AvgIpc) is 2.81. The highest BCUT2D eigenvalue weighted by atomic mass is 19.1. The van der Waals surface area contributed by atoms with E-state index in [0.29, 0.717) is 12.5 Å². The van der Waals surface area contributed by atoms with Crippen molar-refractivity contribution in [3.8, 4) is 5.88 Å². The highest BCUT2D eigenvalue weighted by Gasteiger charge is 2.13. The molecule has 94 valence electrons. The van der Waals surface area contributed by atoms with E-state index in [1.165, 1.54) is 0 Å². The van der Waals surface area contributed by atoms with Gasteiger partial charge in [-0.15, -0.1) is 0 Å². The zero-order chi connectivity index (χ0) is 12.4. The van der Waals surface area contributed by atoms with E-state index in [2.05, 4.69) is 20.4 Å². The fraction of sp³-hybridized carbons (Fsp3) is 0.364. The van der Waals surface area contributed by atoms with Gasteiger partial charge in [-0.25, -0.2) is 19.0 Å². The van der Waals surface area contributed by atoms with Gasteiger partial charge in [0.2, 0.25) is 11.8 Å². The molecule has 7 heteroatoms. The number of rotatable bonds is 3. The van der Waals surface area contributed by atoms with Gasteiger partial charge in [-0.05, 0) is 0 Å². The molecule has 1 N–H and O–H groups in total. The Hall–Kier alpha value is -2.18. The van der Waals surface area contributed by atoms with Crippen LogP contribution < -0.4 is 10.1 Å². The molecule has 0 aromatic carbocycles. The maximum Gasteiger partial charge on any atom is 0.223 e. The maximum atomic E-state index is 12.6. The van der Waals surface area contributed by atoms with E-state index in [4.69, 9.17) is 4.74 Å². The quantitative estimate of drug-likeness (QED) is 0.885. The molecule has 0 bridgehead atoms. The lowest BCUT2D eigenvalue weighted by molar-refractivity contribution is 0.230. The van der Waals surface area contributed by atoms with Gasteiger partial charge in [0, 0.05) is 19.0 Å². The number of aryl methyl sites for hydroxylation is 1. The van der Waals surface area contributed by atoms with E-state index < -0.39 is 5.82 Å². The molecule has 3 heterocycles. The van der Waals surface area contributed by atoms with Crippen LogP contribution in [0.2, 0.25) is 0 Å². The summed E-state index contributed by atoms with van der Waals surface area (Å²) in [6, 6.07) is 1.88. The van der Waals surface area contributed by atoms with Gasteiger partial charge in [0.05, 0.1) is 31.2 Å². The average molecular weight is 249 g/mol. The normalized spacial score (nSPS) is 13.8. The predicted octanol–water partition coefficient (Wildman–Crippen LogP) is 1.21. The Morgan fingerprint density at radius 2 is 2.22 bits per heavy atom. The number of nitrogens with zero attached hydrogens (tertiary/aromatic N) is 4. The highest BCUT2D eigenvalue weighted by Crippen LogP contribution is 2.18. The standard InChI is InChI=1S/C11H12FN5O/c12-8-5-13-11(14-6-8)15-7-9-4-10-17(16-9)2-1-3-18-10/h4-6H,1-3,7H2,(H,13,14,15). The van der Waals surface area contributed by atoms with Crippen LogP contribution in [0.3, 0.4) is 0 Å². The van der Waals surface area contributed by atoms with Crippen LogP contribution in [0.1, 0.15) is 12.1 Å². The van der Waals surface area contributed by atoms with Gasteiger partial charge < -0.3 is 10.1 Å². The first-order chi connectivity index (χ1) is 8.81. The number of ether oxygens (including phenoxy) is 1. The molecule has 1 aliphatic rings. The van der Waals surface area contributed by atoms with Crippen LogP contribution in [0.25, 0.3) is 0 Å². The van der Waals surface area contributed by atoms with Gasteiger partial charge in [0.15, 0.2) is 5.82 Å². The summed E-state index contributed by atoms with van der Waals surface area (Å²) >= 11 is 0. The third-order valence-corrected chi connectivity index (χ3v) is 2.61. The van der Waals surface area contributed by atoms with Gasteiger partial charge >= 0.3 is 0 Å².